The minimum Gasteiger partial charge on any atom is -0.756 e. The number of phosphoric ester groups is 1. The van der Waals surface area contributed by atoms with Crippen molar-refractivity contribution in [3.05, 3.63) is 170 Å². The Bertz CT molecular complexity index is 1780. The summed E-state index contributed by atoms with van der Waals surface area (Å²) in [5.74, 6) is -1.04. The van der Waals surface area contributed by atoms with Crippen LogP contribution in [0.4, 0.5) is 0 Å². The van der Waals surface area contributed by atoms with Gasteiger partial charge in [0.1, 0.15) is 19.8 Å². The topological polar surface area (TPSA) is 111 Å². The lowest BCUT2D eigenvalue weighted by atomic mass is 10.1. The van der Waals surface area contributed by atoms with Crippen LogP contribution < -0.4 is 4.89 Å². The summed E-state index contributed by atoms with van der Waals surface area (Å²) < 4.78 is 33.8. The molecular weight excluding hydrogens is 894 g/mol. The Morgan fingerprint density at radius 1 is 0.457 bits per heavy atom. The normalized spacial score (nSPS) is 14.8. The summed E-state index contributed by atoms with van der Waals surface area (Å²) in [5.41, 5.74) is 0. The largest absolute Gasteiger partial charge is 0.756 e. The van der Waals surface area contributed by atoms with Crippen LogP contribution >= 0.6 is 7.82 Å². The highest BCUT2D eigenvalue weighted by Gasteiger charge is 2.21. The van der Waals surface area contributed by atoms with Gasteiger partial charge in [-0.05, 0) is 109 Å². The van der Waals surface area contributed by atoms with Crippen molar-refractivity contribution in [2.24, 2.45) is 0 Å². The van der Waals surface area contributed by atoms with Gasteiger partial charge in [-0.1, -0.05) is 190 Å². The van der Waals surface area contributed by atoms with Gasteiger partial charge < -0.3 is 27.9 Å². The molecule has 0 saturated carbocycles. The molecule has 0 radical (unpaired) electrons. The summed E-state index contributed by atoms with van der Waals surface area (Å²) in [6, 6.07) is 0. The van der Waals surface area contributed by atoms with Crippen molar-refractivity contribution in [1.29, 1.82) is 0 Å². The first-order chi connectivity index (χ1) is 34.0. The zero-order valence-corrected chi connectivity index (χ0v) is 44.8. The third kappa shape index (κ3) is 52.7. The predicted octanol–water partition coefficient (Wildman–Crippen LogP) is 15.3. The highest BCUT2D eigenvalue weighted by molar-refractivity contribution is 7.45. The Kier molecular flexibility index (Phi) is 46.1. The molecule has 0 amide bonds. The maximum Gasteiger partial charge on any atom is 0.309 e. The molecule has 0 aliphatic rings. The molecule has 9 nitrogen and oxygen atoms in total. The minimum atomic E-state index is -4.67. The average Bonchev–Trinajstić information content (AvgIpc) is 3.32. The molecule has 70 heavy (non-hydrogen) atoms. The fourth-order valence-electron chi connectivity index (χ4n) is 5.84. The van der Waals surface area contributed by atoms with Gasteiger partial charge in [-0.3, -0.25) is 14.2 Å². The first kappa shape index (κ1) is 65.4. The number of carbonyl (C=O) groups is 2. The fourth-order valence-corrected chi connectivity index (χ4v) is 6.56. The van der Waals surface area contributed by atoms with Crippen molar-refractivity contribution in [3.63, 3.8) is 0 Å². The van der Waals surface area contributed by atoms with Crippen molar-refractivity contribution >= 4 is 19.8 Å². The number of phosphoric acid groups is 1. The molecule has 0 aliphatic carbocycles. The predicted molar refractivity (Wildman–Crippen MR) is 295 cm³/mol. The summed E-state index contributed by atoms with van der Waals surface area (Å²) >= 11 is 0. The summed E-state index contributed by atoms with van der Waals surface area (Å²) in [7, 11) is 1.06. The maximum absolute atomic E-state index is 12.7. The van der Waals surface area contributed by atoms with E-state index in [9.17, 15) is 19.0 Å². The van der Waals surface area contributed by atoms with E-state index < -0.39 is 32.5 Å². The Labute approximate surface area is 426 Å². The Balaban J connectivity index is 4.42. The Morgan fingerprint density at radius 2 is 0.814 bits per heavy atom. The molecule has 0 aromatic rings. The number of unbranched alkanes of at least 4 members (excludes halogenated alkanes) is 3. The zero-order chi connectivity index (χ0) is 51.3. The highest BCUT2D eigenvalue weighted by atomic mass is 31.2. The van der Waals surface area contributed by atoms with Crippen molar-refractivity contribution in [2.45, 2.75) is 148 Å². The molecule has 0 heterocycles. The molecule has 2 atom stereocenters. The number of esters is 2. The SMILES string of the molecule is CC/C=C\C/C=C\C/C=C\C/C=C\C/C=C\C/C=C\C/C=C\C/C=C\C/C=C\CCCCCC(=O)OC(COC(=O)C/C=C\C/C=C\C/C=C\C/C=C\C/C=C\CC)COP(=O)([O-])OCC[N+](C)(C)C. The summed E-state index contributed by atoms with van der Waals surface area (Å²) in [6.45, 7) is 3.80. The molecule has 0 N–H and O–H groups in total. The number of hydrogen-bond acceptors (Lipinski definition) is 8. The van der Waals surface area contributed by atoms with E-state index in [-0.39, 0.29) is 26.1 Å². The second kappa shape index (κ2) is 49.4. The van der Waals surface area contributed by atoms with E-state index >= 15 is 0 Å². The van der Waals surface area contributed by atoms with E-state index in [1.54, 1.807) is 6.08 Å². The van der Waals surface area contributed by atoms with E-state index in [1.807, 2.05) is 33.3 Å². The van der Waals surface area contributed by atoms with E-state index in [0.717, 1.165) is 103 Å². The second-order valence-electron chi connectivity index (χ2n) is 17.4. The van der Waals surface area contributed by atoms with Gasteiger partial charge in [-0.2, -0.15) is 0 Å². The van der Waals surface area contributed by atoms with Crippen molar-refractivity contribution in [3.8, 4) is 0 Å². The molecule has 0 spiro atoms. The molecule has 10 heteroatoms. The van der Waals surface area contributed by atoms with Gasteiger partial charge in [-0.25, -0.2) is 0 Å². The molecule has 2 unspecified atom stereocenters. The van der Waals surface area contributed by atoms with Crippen LogP contribution in [0.15, 0.2) is 170 Å². The van der Waals surface area contributed by atoms with Crippen LogP contribution in [0.3, 0.4) is 0 Å². The van der Waals surface area contributed by atoms with Gasteiger partial charge in [0.2, 0.25) is 0 Å². The lowest BCUT2D eigenvalue weighted by Gasteiger charge is -2.28. The lowest BCUT2D eigenvalue weighted by molar-refractivity contribution is -0.870. The molecule has 0 rings (SSSR count). The number of quaternary nitrogens is 1. The molecule has 0 aromatic carbocycles. The fraction of sp³-hybridized carbons (Fsp3) is 0.500. The number of likely N-dealkylation sites (N-methyl/N-ethyl adjacent to an activating group) is 1. The highest BCUT2D eigenvalue weighted by Crippen LogP contribution is 2.38. The van der Waals surface area contributed by atoms with Crippen LogP contribution in [-0.2, 0) is 32.7 Å². The van der Waals surface area contributed by atoms with Crippen molar-refractivity contribution in [2.75, 3.05) is 47.5 Å². The van der Waals surface area contributed by atoms with Crippen molar-refractivity contribution < 1.29 is 42.1 Å². The summed E-state index contributed by atoms with van der Waals surface area (Å²) in [4.78, 5) is 37.6. The first-order valence-electron chi connectivity index (χ1n) is 25.8. The zero-order valence-electron chi connectivity index (χ0n) is 43.9. The quantitative estimate of drug-likeness (QED) is 0.0195. The molecule has 0 aliphatic heterocycles. The second-order valence-corrected chi connectivity index (χ2v) is 18.8. The Morgan fingerprint density at radius 3 is 1.19 bits per heavy atom. The first-order valence-corrected chi connectivity index (χ1v) is 27.3. The van der Waals surface area contributed by atoms with Gasteiger partial charge >= 0.3 is 11.9 Å². The number of allylic oxidation sites excluding steroid dienone is 27. The maximum atomic E-state index is 12.7. The molecule has 0 saturated heterocycles. The van der Waals surface area contributed by atoms with Gasteiger partial charge in [0.25, 0.3) is 7.82 Å². The standard InChI is InChI=1S/C60H92NO8P/c1-6-8-10-12-14-16-18-20-22-23-24-25-26-27-28-29-30-31-32-33-34-35-36-37-39-41-43-45-47-49-51-53-60(63)69-58(57-68-70(64,65)67-55-54-61(3,4)5)56-66-59(62)52-50-48-46-44-42-40-38-21-19-17-15-13-11-9-7-2/h8-11,14-17,20-22,24-25,27-28,30-31,33-34,36-38,41-44,48,50,58H,6-7,12-13,18-19,23,26,29,32,35,39-40,45-47,49,51-57H2,1-5H3/b10-8-,11-9-,16-14-,17-15-,22-20-,25-24-,28-27-,31-30-,34-33-,37-36-,38-21-,43-41-,44-42-,50-48-. The number of hydrogen-bond donors (Lipinski definition) is 0. The van der Waals surface area contributed by atoms with Crippen LogP contribution in [0.2, 0.25) is 0 Å². The molecule has 0 fully saturated rings. The summed E-state index contributed by atoms with van der Waals surface area (Å²) in [6.07, 6.45) is 75.7. The average molecular weight is 986 g/mol. The third-order valence-corrected chi connectivity index (χ3v) is 10.7. The number of carbonyl (C=O) groups excluding carboxylic acids is 2. The molecular formula is C60H92NO8P. The van der Waals surface area contributed by atoms with Crippen LogP contribution in [0.25, 0.3) is 0 Å². The Hall–Kier alpha value is -4.63. The van der Waals surface area contributed by atoms with Crippen LogP contribution in [0.5, 0.6) is 0 Å². The molecule has 390 valence electrons. The van der Waals surface area contributed by atoms with Crippen LogP contribution in [0.1, 0.15) is 142 Å². The van der Waals surface area contributed by atoms with Gasteiger partial charge in [-0.15, -0.1) is 0 Å². The van der Waals surface area contributed by atoms with E-state index in [4.69, 9.17) is 18.5 Å². The van der Waals surface area contributed by atoms with Crippen molar-refractivity contribution in [1.82, 2.24) is 0 Å². The third-order valence-electron chi connectivity index (χ3n) is 9.77. The van der Waals surface area contributed by atoms with E-state index in [2.05, 4.69) is 166 Å². The minimum absolute atomic E-state index is 0.0254. The smallest absolute Gasteiger partial charge is 0.309 e. The lowest BCUT2D eigenvalue weighted by Crippen LogP contribution is -2.37. The number of ether oxygens (including phenoxy) is 2. The van der Waals surface area contributed by atoms with Gasteiger partial charge in [0.05, 0.1) is 34.2 Å². The van der Waals surface area contributed by atoms with Gasteiger partial charge in [0, 0.05) is 6.42 Å². The van der Waals surface area contributed by atoms with Crippen LogP contribution in [-0.4, -0.2) is 70.0 Å². The number of nitrogens with zero attached hydrogens (tertiary/aromatic N) is 1. The molecule has 0 aromatic heterocycles. The van der Waals surface area contributed by atoms with Gasteiger partial charge in [0.15, 0.2) is 6.10 Å². The van der Waals surface area contributed by atoms with E-state index in [0.29, 0.717) is 23.9 Å². The summed E-state index contributed by atoms with van der Waals surface area (Å²) in [5, 5.41) is 0. The number of rotatable bonds is 44. The van der Waals surface area contributed by atoms with Crippen LogP contribution in [0, 0.1) is 0 Å². The monoisotopic (exact) mass is 986 g/mol. The van der Waals surface area contributed by atoms with E-state index in [1.165, 1.54) is 0 Å². The molecule has 0 bridgehead atoms.